The van der Waals surface area contributed by atoms with E-state index in [1.807, 2.05) is 63.2 Å². The minimum Gasteiger partial charge on any atom is -0.497 e. The first-order valence-corrected chi connectivity index (χ1v) is 9.10. The maximum atomic E-state index is 12.7. The number of methoxy groups -OCH3 is 1. The molecule has 4 heteroatoms. The summed E-state index contributed by atoms with van der Waals surface area (Å²) in [6, 6.07) is 17.8. The maximum Gasteiger partial charge on any atom is 0.196 e. The van der Waals surface area contributed by atoms with Gasteiger partial charge in [0.2, 0.25) is 0 Å². The Morgan fingerprint density at radius 3 is 2.29 bits per heavy atom. The first kappa shape index (κ1) is 18.4. The standard InChI is InChI=1S/C20H25NO2S/c1-5-24-19(22)20(2,3)18(15-9-7-6-8-10-15)21-16-11-13-17(23-4)14-12-16/h6-14,18,21H,5H2,1-4H3. The molecule has 0 aliphatic heterocycles. The molecule has 1 atom stereocenters. The smallest absolute Gasteiger partial charge is 0.196 e. The number of thioether (sulfide) groups is 1. The molecule has 2 aromatic rings. The van der Waals surface area contributed by atoms with Crippen molar-refractivity contribution in [3.8, 4) is 5.75 Å². The number of anilines is 1. The molecule has 0 saturated carbocycles. The van der Waals surface area contributed by atoms with Gasteiger partial charge in [0.25, 0.3) is 0 Å². The molecule has 0 fully saturated rings. The summed E-state index contributed by atoms with van der Waals surface area (Å²) in [7, 11) is 1.65. The molecule has 0 aromatic heterocycles. The first-order chi connectivity index (χ1) is 11.5. The van der Waals surface area contributed by atoms with Gasteiger partial charge in [-0.3, -0.25) is 4.79 Å². The molecule has 0 heterocycles. The van der Waals surface area contributed by atoms with Crippen molar-refractivity contribution >= 4 is 22.6 Å². The second kappa shape index (κ2) is 8.25. The van der Waals surface area contributed by atoms with Crippen LogP contribution < -0.4 is 10.1 Å². The zero-order valence-electron chi connectivity index (χ0n) is 14.7. The molecule has 0 bridgehead atoms. The Kier molecular flexibility index (Phi) is 6.32. The lowest BCUT2D eigenvalue weighted by atomic mass is 9.81. The fourth-order valence-corrected chi connectivity index (χ4v) is 3.37. The molecule has 0 aliphatic carbocycles. The summed E-state index contributed by atoms with van der Waals surface area (Å²) in [4.78, 5) is 12.7. The van der Waals surface area contributed by atoms with Crippen LogP contribution in [-0.4, -0.2) is 18.0 Å². The van der Waals surface area contributed by atoms with E-state index in [0.29, 0.717) is 0 Å². The Balaban J connectivity index is 2.34. The van der Waals surface area contributed by atoms with E-state index in [-0.39, 0.29) is 11.2 Å². The Hall–Kier alpha value is -1.94. The molecule has 3 nitrogen and oxygen atoms in total. The van der Waals surface area contributed by atoms with Gasteiger partial charge in [0.05, 0.1) is 18.6 Å². The zero-order chi connectivity index (χ0) is 17.6. The fourth-order valence-electron chi connectivity index (χ4n) is 2.61. The van der Waals surface area contributed by atoms with Gasteiger partial charge in [-0.2, -0.15) is 0 Å². The number of carbonyl (C=O) groups is 1. The summed E-state index contributed by atoms with van der Waals surface area (Å²) in [5.41, 5.74) is 1.53. The number of ether oxygens (including phenoxy) is 1. The molecule has 1 unspecified atom stereocenters. The van der Waals surface area contributed by atoms with Gasteiger partial charge >= 0.3 is 0 Å². The fraction of sp³-hybridized carbons (Fsp3) is 0.350. The van der Waals surface area contributed by atoms with Gasteiger partial charge < -0.3 is 10.1 Å². The summed E-state index contributed by atoms with van der Waals surface area (Å²) in [5.74, 6) is 1.60. The van der Waals surface area contributed by atoms with E-state index in [1.54, 1.807) is 7.11 Å². The molecule has 0 aliphatic rings. The lowest BCUT2D eigenvalue weighted by Crippen LogP contribution is -2.34. The predicted molar refractivity (Wildman–Crippen MR) is 103 cm³/mol. The van der Waals surface area contributed by atoms with Crippen LogP contribution in [0.15, 0.2) is 54.6 Å². The van der Waals surface area contributed by atoms with Crippen molar-refractivity contribution < 1.29 is 9.53 Å². The third kappa shape index (κ3) is 4.32. The van der Waals surface area contributed by atoms with Gasteiger partial charge in [0.15, 0.2) is 5.12 Å². The van der Waals surface area contributed by atoms with Crippen LogP contribution in [0.25, 0.3) is 0 Å². The van der Waals surface area contributed by atoms with E-state index in [9.17, 15) is 4.79 Å². The summed E-state index contributed by atoms with van der Waals surface area (Å²) < 4.78 is 5.21. The highest BCUT2D eigenvalue weighted by Crippen LogP contribution is 2.40. The molecular formula is C20H25NO2S. The summed E-state index contributed by atoms with van der Waals surface area (Å²) in [6.07, 6.45) is 0. The van der Waals surface area contributed by atoms with Gasteiger partial charge in [0, 0.05) is 5.69 Å². The van der Waals surface area contributed by atoms with Crippen LogP contribution in [0.5, 0.6) is 5.75 Å². The molecule has 2 aromatic carbocycles. The van der Waals surface area contributed by atoms with E-state index >= 15 is 0 Å². The predicted octanol–water partition coefficient (Wildman–Crippen LogP) is 5.15. The topological polar surface area (TPSA) is 38.3 Å². The Labute approximate surface area is 148 Å². The van der Waals surface area contributed by atoms with E-state index in [1.165, 1.54) is 11.8 Å². The summed E-state index contributed by atoms with van der Waals surface area (Å²) >= 11 is 1.38. The van der Waals surface area contributed by atoms with Gasteiger partial charge in [0.1, 0.15) is 5.75 Å². The lowest BCUT2D eigenvalue weighted by Gasteiger charge is -2.34. The highest BCUT2D eigenvalue weighted by Gasteiger charge is 2.37. The lowest BCUT2D eigenvalue weighted by molar-refractivity contribution is -0.118. The van der Waals surface area contributed by atoms with Crippen molar-refractivity contribution in [2.45, 2.75) is 26.8 Å². The van der Waals surface area contributed by atoms with Crippen molar-refractivity contribution in [1.82, 2.24) is 0 Å². The summed E-state index contributed by atoms with van der Waals surface area (Å²) in [5, 5.41) is 3.73. The van der Waals surface area contributed by atoms with Gasteiger partial charge in [-0.05, 0) is 49.4 Å². The number of rotatable bonds is 7. The van der Waals surface area contributed by atoms with E-state index in [2.05, 4.69) is 17.4 Å². The monoisotopic (exact) mass is 343 g/mol. The first-order valence-electron chi connectivity index (χ1n) is 8.11. The van der Waals surface area contributed by atoms with Crippen LogP contribution in [-0.2, 0) is 4.79 Å². The molecule has 2 rings (SSSR count). The van der Waals surface area contributed by atoms with E-state index < -0.39 is 5.41 Å². The van der Waals surface area contributed by atoms with Crippen LogP contribution in [0.1, 0.15) is 32.4 Å². The normalized spacial score (nSPS) is 12.5. The molecule has 0 radical (unpaired) electrons. The minimum absolute atomic E-state index is 0.112. The van der Waals surface area contributed by atoms with Crippen LogP contribution >= 0.6 is 11.8 Å². The molecule has 0 saturated heterocycles. The number of hydrogen-bond acceptors (Lipinski definition) is 4. The number of nitrogens with one attached hydrogen (secondary N) is 1. The van der Waals surface area contributed by atoms with Gasteiger partial charge in [-0.1, -0.05) is 49.0 Å². The third-order valence-electron chi connectivity index (χ3n) is 4.06. The van der Waals surface area contributed by atoms with Crippen molar-refractivity contribution in [1.29, 1.82) is 0 Å². The highest BCUT2D eigenvalue weighted by molar-refractivity contribution is 8.13. The second-order valence-corrected chi connectivity index (χ2v) is 7.40. The average Bonchev–Trinajstić information content (AvgIpc) is 2.61. The van der Waals surface area contributed by atoms with E-state index in [0.717, 1.165) is 22.8 Å². The molecule has 1 N–H and O–H groups in total. The van der Waals surface area contributed by atoms with Crippen molar-refractivity contribution in [2.24, 2.45) is 5.41 Å². The van der Waals surface area contributed by atoms with Crippen LogP contribution in [0.2, 0.25) is 0 Å². The van der Waals surface area contributed by atoms with Crippen molar-refractivity contribution in [3.63, 3.8) is 0 Å². The molecule has 24 heavy (non-hydrogen) atoms. The summed E-state index contributed by atoms with van der Waals surface area (Å²) in [6.45, 7) is 6.02. The van der Waals surface area contributed by atoms with E-state index in [4.69, 9.17) is 4.74 Å². The Bertz CT molecular complexity index is 653. The van der Waals surface area contributed by atoms with Crippen LogP contribution in [0.3, 0.4) is 0 Å². The van der Waals surface area contributed by atoms with Crippen LogP contribution in [0, 0.1) is 5.41 Å². The van der Waals surface area contributed by atoms with Crippen molar-refractivity contribution in [3.05, 3.63) is 60.2 Å². The highest BCUT2D eigenvalue weighted by atomic mass is 32.2. The zero-order valence-corrected chi connectivity index (χ0v) is 15.5. The Morgan fingerprint density at radius 2 is 1.75 bits per heavy atom. The molecular weight excluding hydrogens is 318 g/mol. The van der Waals surface area contributed by atoms with Gasteiger partial charge in [-0.15, -0.1) is 0 Å². The molecule has 0 amide bonds. The number of carbonyl (C=O) groups excluding carboxylic acids is 1. The SMILES string of the molecule is CCSC(=O)C(C)(C)C(Nc1ccc(OC)cc1)c1ccccc1. The average molecular weight is 343 g/mol. The minimum atomic E-state index is -0.540. The molecule has 0 spiro atoms. The largest absolute Gasteiger partial charge is 0.497 e. The van der Waals surface area contributed by atoms with Gasteiger partial charge in [-0.25, -0.2) is 0 Å². The maximum absolute atomic E-state index is 12.7. The quantitative estimate of drug-likeness (QED) is 0.754. The third-order valence-corrected chi connectivity index (χ3v) is 5.13. The van der Waals surface area contributed by atoms with Crippen molar-refractivity contribution in [2.75, 3.05) is 18.2 Å². The number of benzene rings is 2. The van der Waals surface area contributed by atoms with Crippen LogP contribution in [0.4, 0.5) is 5.69 Å². The second-order valence-electron chi connectivity index (χ2n) is 6.16. The number of hydrogen-bond donors (Lipinski definition) is 1. The Morgan fingerprint density at radius 1 is 1.12 bits per heavy atom. The molecule has 128 valence electrons.